The molecule has 23 heavy (non-hydrogen) atoms. The Hall–Kier alpha value is -3.32. The lowest BCUT2D eigenvalue weighted by Crippen LogP contribution is -2.10. The van der Waals surface area contributed by atoms with Crippen LogP contribution in [0.3, 0.4) is 0 Å². The molecule has 1 heterocycles. The molecular weight excluding hydrogens is 288 g/mol. The Kier molecular flexibility index (Phi) is 4.21. The Bertz CT molecular complexity index is 860. The zero-order valence-electron chi connectivity index (χ0n) is 12.3. The van der Waals surface area contributed by atoms with E-state index in [1.54, 1.807) is 30.3 Å². The molecule has 0 saturated heterocycles. The first kappa shape index (κ1) is 14.6. The fraction of sp³-hybridized carbons (Fsp3) is 0.0526. The van der Waals surface area contributed by atoms with Crippen LogP contribution >= 0.6 is 0 Å². The van der Waals surface area contributed by atoms with Gasteiger partial charge in [-0.15, -0.1) is 0 Å². The lowest BCUT2D eigenvalue weighted by atomic mass is 10.1. The molecule has 1 N–H and O–H groups in total. The van der Waals surface area contributed by atoms with Crippen molar-refractivity contribution >= 4 is 11.6 Å². The molecule has 1 aromatic heterocycles. The SMILES string of the molecule is N#CCc1cccc(NC(=O)c2ccc(-c3ccccc3)o2)c1. The van der Waals surface area contributed by atoms with Gasteiger partial charge in [0.2, 0.25) is 0 Å². The van der Waals surface area contributed by atoms with Crippen LogP contribution in [-0.4, -0.2) is 5.91 Å². The highest BCUT2D eigenvalue weighted by Crippen LogP contribution is 2.22. The summed E-state index contributed by atoms with van der Waals surface area (Å²) in [4.78, 5) is 12.3. The van der Waals surface area contributed by atoms with Crippen molar-refractivity contribution in [2.45, 2.75) is 6.42 Å². The van der Waals surface area contributed by atoms with Gasteiger partial charge in [0.25, 0.3) is 5.91 Å². The second-order valence-corrected chi connectivity index (χ2v) is 5.02. The maximum atomic E-state index is 12.3. The third kappa shape index (κ3) is 3.47. The van der Waals surface area contributed by atoms with Gasteiger partial charge >= 0.3 is 0 Å². The molecule has 0 bridgehead atoms. The first-order valence-electron chi connectivity index (χ1n) is 7.19. The fourth-order valence-corrected chi connectivity index (χ4v) is 2.26. The monoisotopic (exact) mass is 302 g/mol. The van der Waals surface area contributed by atoms with Crippen LogP contribution in [0.15, 0.2) is 71.1 Å². The van der Waals surface area contributed by atoms with Gasteiger partial charge in [0.1, 0.15) is 5.76 Å². The molecule has 4 nitrogen and oxygen atoms in total. The average Bonchev–Trinajstić information content (AvgIpc) is 3.06. The van der Waals surface area contributed by atoms with Crippen molar-refractivity contribution < 1.29 is 9.21 Å². The van der Waals surface area contributed by atoms with Crippen molar-refractivity contribution in [3.05, 3.63) is 78.1 Å². The highest BCUT2D eigenvalue weighted by atomic mass is 16.3. The predicted octanol–water partition coefficient (Wildman–Crippen LogP) is 4.26. The van der Waals surface area contributed by atoms with Crippen LogP contribution in [0.2, 0.25) is 0 Å². The van der Waals surface area contributed by atoms with E-state index in [-0.39, 0.29) is 11.7 Å². The van der Waals surface area contributed by atoms with E-state index in [4.69, 9.17) is 9.68 Å². The second-order valence-electron chi connectivity index (χ2n) is 5.02. The summed E-state index contributed by atoms with van der Waals surface area (Å²) in [6.45, 7) is 0. The van der Waals surface area contributed by atoms with Crippen LogP contribution in [0.4, 0.5) is 5.69 Å². The number of benzene rings is 2. The van der Waals surface area contributed by atoms with Crippen molar-refractivity contribution in [2.75, 3.05) is 5.32 Å². The average molecular weight is 302 g/mol. The Labute approximate surface area is 134 Å². The predicted molar refractivity (Wildman–Crippen MR) is 87.9 cm³/mol. The maximum Gasteiger partial charge on any atom is 0.291 e. The number of nitrogens with zero attached hydrogens (tertiary/aromatic N) is 1. The molecule has 0 fully saturated rings. The molecule has 3 aromatic rings. The molecule has 0 aliphatic rings. The topological polar surface area (TPSA) is 66.0 Å². The quantitative estimate of drug-likeness (QED) is 0.782. The first-order chi connectivity index (χ1) is 11.3. The van der Waals surface area contributed by atoms with Gasteiger partial charge in [-0.2, -0.15) is 5.26 Å². The summed E-state index contributed by atoms with van der Waals surface area (Å²) in [5.41, 5.74) is 2.41. The number of anilines is 1. The molecule has 0 saturated carbocycles. The Balaban J connectivity index is 1.75. The highest BCUT2D eigenvalue weighted by Gasteiger charge is 2.12. The van der Waals surface area contributed by atoms with Crippen molar-refractivity contribution in [3.63, 3.8) is 0 Å². The van der Waals surface area contributed by atoms with Crippen LogP contribution in [-0.2, 0) is 6.42 Å². The van der Waals surface area contributed by atoms with E-state index in [1.807, 2.05) is 36.4 Å². The number of carbonyl (C=O) groups is 1. The number of carbonyl (C=O) groups excluding carboxylic acids is 1. The molecule has 0 radical (unpaired) electrons. The number of hydrogen-bond acceptors (Lipinski definition) is 3. The molecule has 3 rings (SSSR count). The van der Waals surface area contributed by atoms with E-state index in [0.29, 0.717) is 17.9 Å². The molecule has 0 spiro atoms. The normalized spacial score (nSPS) is 10.0. The molecule has 1 amide bonds. The molecule has 0 atom stereocenters. The molecule has 112 valence electrons. The molecule has 0 aliphatic carbocycles. The van der Waals surface area contributed by atoms with Crippen LogP contribution in [0.25, 0.3) is 11.3 Å². The van der Waals surface area contributed by atoms with Crippen molar-refractivity contribution in [3.8, 4) is 17.4 Å². The minimum Gasteiger partial charge on any atom is -0.451 e. The number of nitriles is 1. The van der Waals surface area contributed by atoms with E-state index in [0.717, 1.165) is 11.1 Å². The van der Waals surface area contributed by atoms with E-state index < -0.39 is 0 Å². The Morgan fingerprint density at radius 1 is 1.04 bits per heavy atom. The van der Waals surface area contributed by atoms with Crippen LogP contribution in [0.1, 0.15) is 16.1 Å². The lowest BCUT2D eigenvalue weighted by molar-refractivity contribution is 0.0997. The molecule has 2 aromatic carbocycles. The summed E-state index contributed by atoms with van der Waals surface area (Å²) in [5, 5.41) is 11.5. The van der Waals surface area contributed by atoms with Crippen LogP contribution in [0, 0.1) is 11.3 Å². The number of hydrogen-bond donors (Lipinski definition) is 1. The van der Waals surface area contributed by atoms with Gasteiger partial charge in [0.05, 0.1) is 12.5 Å². The fourth-order valence-electron chi connectivity index (χ4n) is 2.26. The minimum absolute atomic E-state index is 0.245. The van der Waals surface area contributed by atoms with Crippen molar-refractivity contribution in [1.82, 2.24) is 0 Å². The van der Waals surface area contributed by atoms with Crippen molar-refractivity contribution in [1.29, 1.82) is 5.26 Å². The summed E-state index contributed by atoms with van der Waals surface area (Å²) < 4.78 is 5.62. The zero-order valence-corrected chi connectivity index (χ0v) is 12.3. The second kappa shape index (κ2) is 6.63. The van der Waals surface area contributed by atoms with Gasteiger partial charge in [-0.25, -0.2) is 0 Å². The van der Waals surface area contributed by atoms with E-state index >= 15 is 0 Å². The first-order valence-corrected chi connectivity index (χ1v) is 7.19. The molecule has 4 heteroatoms. The van der Waals surface area contributed by atoms with Gasteiger partial charge in [-0.05, 0) is 29.8 Å². The summed E-state index contributed by atoms with van der Waals surface area (Å²) in [5.74, 6) is 0.574. The molecular formula is C19H14N2O2. The highest BCUT2D eigenvalue weighted by molar-refractivity contribution is 6.02. The molecule has 0 unspecified atom stereocenters. The third-order valence-electron chi connectivity index (χ3n) is 3.36. The largest absolute Gasteiger partial charge is 0.451 e. The zero-order chi connectivity index (χ0) is 16.1. The lowest BCUT2D eigenvalue weighted by Gasteiger charge is -2.04. The van der Waals surface area contributed by atoms with Crippen LogP contribution < -0.4 is 5.32 Å². The summed E-state index contributed by atoms with van der Waals surface area (Å²) in [7, 11) is 0. The van der Waals surface area contributed by atoms with Gasteiger partial charge < -0.3 is 9.73 Å². The van der Waals surface area contributed by atoms with Crippen LogP contribution in [0.5, 0.6) is 0 Å². The number of rotatable bonds is 4. The summed E-state index contributed by atoms with van der Waals surface area (Å²) in [6, 6.07) is 22.3. The standard InChI is InChI=1S/C19H14N2O2/c20-12-11-14-5-4-8-16(13-14)21-19(22)18-10-9-17(23-18)15-6-2-1-3-7-15/h1-10,13H,11H2,(H,21,22). The number of nitrogens with one attached hydrogen (secondary N) is 1. The van der Waals surface area contributed by atoms with Gasteiger partial charge in [-0.3, -0.25) is 4.79 Å². The van der Waals surface area contributed by atoms with E-state index in [1.165, 1.54) is 0 Å². The van der Waals surface area contributed by atoms with E-state index in [2.05, 4.69) is 11.4 Å². The Morgan fingerprint density at radius 3 is 2.65 bits per heavy atom. The van der Waals surface area contributed by atoms with E-state index in [9.17, 15) is 4.79 Å². The van der Waals surface area contributed by atoms with Gasteiger partial charge in [-0.1, -0.05) is 42.5 Å². The van der Waals surface area contributed by atoms with Crippen molar-refractivity contribution in [2.24, 2.45) is 0 Å². The van der Waals surface area contributed by atoms with Gasteiger partial charge in [0, 0.05) is 11.3 Å². The minimum atomic E-state index is -0.318. The third-order valence-corrected chi connectivity index (χ3v) is 3.36. The Morgan fingerprint density at radius 2 is 1.87 bits per heavy atom. The molecule has 0 aliphatic heterocycles. The summed E-state index contributed by atoms with van der Waals surface area (Å²) in [6.07, 6.45) is 0.308. The number of amides is 1. The van der Waals surface area contributed by atoms with Gasteiger partial charge in [0.15, 0.2) is 5.76 Å². The number of furan rings is 1. The summed E-state index contributed by atoms with van der Waals surface area (Å²) >= 11 is 0. The maximum absolute atomic E-state index is 12.3. The smallest absolute Gasteiger partial charge is 0.291 e.